The van der Waals surface area contributed by atoms with E-state index in [0.717, 1.165) is 4.90 Å². The van der Waals surface area contributed by atoms with Crippen LogP contribution in [0.4, 0.5) is 0 Å². The summed E-state index contributed by atoms with van der Waals surface area (Å²) < 4.78 is 9.16. The van der Waals surface area contributed by atoms with Gasteiger partial charge in [0.25, 0.3) is 5.91 Å². The maximum atomic E-state index is 11.6. The number of esters is 2. The zero-order valence-electron chi connectivity index (χ0n) is 18.6. The Balaban J connectivity index is 0. The minimum atomic E-state index is -0.938. The van der Waals surface area contributed by atoms with Crippen LogP contribution in [0.3, 0.4) is 0 Å². The first-order valence-electron chi connectivity index (χ1n) is 9.94. The Labute approximate surface area is 197 Å². The summed E-state index contributed by atoms with van der Waals surface area (Å²) in [4.78, 5) is 70.2. The van der Waals surface area contributed by atoms with Gasteiger partial charge in [-0.1, -0.05) is 7.43 Å². The van der Waals surface area contributed by atoms with Crippen LogP contribution in [0, 0.1) is 0 Å². The van der Waals surface area contributed by atoms with Crippen LogP contribution in [0.1, 0.15) is 40.0 Å². The second-order valence-corrected chi connectivity index (χ2v) is 6.54. The van der Waals surface area contributed by atoms with Crippen LogP contribution in [-0.4, -0.2) is 84.3 Å². The van der Waals surface area contributed by atoms with Crippen molar-refractivity contribution >= 4 is 35.6 Å². The summed E-state index contributed by atoms with van der Waals surface area (Å²) in [5, 5.41) is 0. The third-order valence-electron chi connectivity index (χ3n) is 4.72. The summed E-state index contributed by atoms with van der Waals surface area (Å²) in [5.41, 5.74) is 3.68. The number of carbonyl (C=O) groups excluding carboxylic acids is 6. The highest BCUT2D eigenvalue weighted by Gasteiger charge is 2.38. The van der Waals surface area contributed by atoms with Gasteiger partial charge in [0.15, 0.2) is 0 Å². The van der Waals surface area contributed by atoms with Crippen molar-refractivity contribution in [1.82, 2.24) is 20.7 Å². The molecule has 2 rings (SSSR count). The van der Waals surface area contributed by atoms with E-state index < -0.39 is 47.7 Å². The highest BCUT2D eigenvalue weighted by atomic mass is 16.5. The molecule has 2 aliphatic rings. The maximum Gasteiger partial charge on any atom is 0.397 e. The number of hydrogen-bond acceptors (Lipinski definition) is 12. The Hall–Kier alpha value is -3.34. The molecule has 16 heteroatoms. The van der Waals surface area contributed by atoms with Crippen LogP contribution in [0.2, 0.25) is 0 Å². The number of nitrogens with two attached hydrogens (primary N) is 4. The van der Waals surface area contributed by atoms with Crippen LogP contribution in [0.15, 0.2) is 0 Å². The fourth-order valence-electron chi connectivity index (χ4n) is 3.27. The molecule has 0 aromatic heterocycles. The predicted molar refractivity (Wildman–Crippen MR) is 118 cm³/mol. The topological polar surface area (TPSA) is 256 Å². The number of likely N-dealkylation sites (tertiary alicyclic amines) is 2. The van der Waals surface area contributed by atoms with Gasteiger partial charge < -0.3 is 19.3 Å². The van der Waals surface area contributed by atoms with Gasteiger partial charge >= 0.3 is 29.7 Å². The van der Waals surface area contributed by atoms with Crippen molar-refractivity contribution in [1.29, 1.82) is 0 Å². The zero-order valence-corrected chi connectivity index (χ0v) is 18.6. The smallest absolute Gasteiger partial charge is 0.397 e. The van der Waals surface area contributed by atoms with Gasteiger partial charge in [-0.05, 0) is 32.6 Å². The average Bonchev–Trinajstić information content (AvgIpc) is 3.53. The van der Waals surface area contributed by atoms with E-state index >= 15 is 0 Å². The van der Waals surface area contributed by atoms with Gasteiger partial charge in [-0.15, -0.1) is 0 Å². The molecule has 2 atom stereocenters. The van der Waals surface area contributed by atoms with Crippen LogP contribution >= 0.6 is 0 Å². The monoisotopic (exact) mass is 492 g/mol. The molecular formula is C18H36N8O8. The van der Waals surface area contributed by atoms with E-state index in [9.17, 15) is 28.8 Å². The van der Waals surface area contributed by atoms with E-state index in [1.54, 1.807) is 12.3 Å². The fraction of sp³-hybridized carbons (Fsp3) is 0.667. The van der Waals surface area contributed by atoms with E-state index in [-0.39, 0.29) is 14.0 Å². The number of amides is 4. The number of methoxy groups -OCH3 is 1. The van der Waals surface area contributed by atoms with Gasteiger partial charge in [0.1, 0.15) is 12.1 Å². The van der Waals surface area contributed by atoms with Crippen molar-refractivity contribution in [3.05, 3.63) is 0 Å². The molecule has 0 spiro atoms. The minimum Gasteiger partial charge on any atom is -0.467 e. The first kappa shape index (κ1) is 32.8. The quantitative estimate of drug-likeness (QED) is 0.0727. The van der Waals surface area contributed by atoms with Crippen LogP contribution in [-0.2, 0) is 38.2 Å². The van der Waals surface area contributed by atoms with E-state index in [1.807, 2.05) is 5.43 Å². The van der Waals surface area contributed by atoms with Gasteiger partial charge in [-0.25, -0.2) is 21.3 Å². The lowest BCUT2D eigenvalue weighted by Crippen LogP contribution is -2.52. The van der Waals surface area contributed by atoms with Gasteiger partial charge in [-0.3, -0.25) is 41.7 Å². The van der Waals surface area contributed by atoms with Crippen LogP contribution in [0.5, 0.6) is 0 Å². The summed E-state index contributed by atoms with van der Waals surface area (Å²) in [7, 11) is 1.26. The number of ether oxygens (including phenoxy) is 2. The van der Waals surface area contributed by atoms with Crippen molar-refractivity contribution in [3.8, 4) is 0 Å². The van der Waals surface area contributed by atoms with Crippen molar-refractivity contribution in [2.75, 3.05) is 26.8 Å². The van der Waals surface area contributed by atoms with Crippen LogP contribution in [0.25, 0.3) is 0 Å². The molecule has 0 aromatic rings. The molecule has 0 radical (unpaired) electrons. The highest BCUT2D eigenvalue weighted by molar-refractivity contribution is 6.35. The molecule has 16 nitrogen and oxygen atoms in total. The predicted octanol–water partition coefficient (Wildman–Crippen LogP) is -3.87. The van der Waals surface area contributed by atoms with Crippen molar-refractivity contribution < 1.29 is 38.2 Å². The first-order valence-corrected chi connectivity index (χ1v) is 9.94. The van der Waals surface area contributed by atoms with Gasteiger partial charge in [0.05, 0.1) is 13.7 Å². The molecule has 0 saturated carbocycles. The normalized spacial score (nSPS) is 18.1. The lowest BCUT2D eigenvalue weighted by atomic mass is 10.2. The number of hydrogen-bond donors (Lipinski definition) is 6. The molecule has 2 aliphatic heterocycles. The molecule has 2 heterocycles. The Morgan fingerprint density at radius 1 is 0.882 bits per heavy atom. The zero-order chi connectivity index (χ0) is 25.6. The van der Waals surface area contributed by atoms with Crippen LogP contribution < -0.4 is 34.2 Å². The molecule has 4 amide bonds. The maximum absolute atomic E-state index is 11.6. The summed E-state index contributed by atoms with van der Waals surface area (Å²) in [5.74, 6) is 13.4. The van der Waals surface area contributed by atoms with E-state index in [4.69, 9.17) is 11.7 Å². The van der Waals surface area contributed by atoms with Gasteiger partial charge in [0, 0.05) is 13.1 Å². The lowest BCUT2D eigenvalue weighted by Gasteiger charge is -2.21. The van der Waals surface area contributed by atoms with Gasteiger partial charge in [-0.2, -0.15) is 0 Å². The molecule has 2 saturated heterocycles. The number of carbonyl (C=O) groups is 6. The van der Waals surface area contributed by atoms with Gasteiger partial charge in [0.2, 0.25) is 0 Å². The molecular weight excluding hydrogens is 456 g/mol. The molecule has 196 valence electrons. The third kappa shape index (κ3) is 8.89. The number of nitrogens with one attached hydrogen (secondary N) is 2. The molecule has 2 fully saturated rings. The largest absolute Gasteiger partial charge is 0.467 e. The molecule has 10 N–H and O–H groups in total. The molecule has 34 heavy (non-hydrogen) atoms. The second kappa shape index (κ2) is 17.2. The molecule has 0 aliphatic carbocycles. The number of rotatable bonds is 3. The Morgan fingerprint density at radius 2 is 1.38 bits per heavy atom. The molecule has 0 aromatic carbocycles. The van der Waals surface area contributed by atoms with E-state index in [0.29, 0.717) is 38.8 Å². The number of nitrogens with zero attached hydrogens (tertiary/aromatic N) is 2. The summed E-state index contributed by atoms with van der Waals surface area (Å²) >= 11 is 0. The molecule has 0 unspecified atom stereocenters. The Kier molecular flexibility index (Phi) is 16.6. The first-order chi connectivity index (χ1) is 15.7. The lowest BCUT2D eigenvalue weighted by molar-refractivity contribution is -0.163. The van der Waals surface area contributed by atoms with E-state index in [2.05, 4.69) is 21.2 Å². The Bertz CT molecular complexity index is 720. The summed E-state index contributed by atoms with van der Waals surface area (Å²) in [6, 6.07) is -1.33. The van der Waals surface area contributed by atoms with Crippen molar-refractivity contribution in [2.24, 2.45) is 23.4 Å². The van der Waals surface area contributed by atoms with E-state index in [1.165, 1.54) is 12.0 Å². The number of hydrazine groups is 3. The third-order valence-corrected chi connectivity index (χ3v) is 4.72. The minimum absolute atomic E-state index is 0. The van der Waals surface area contributed by atoms with Crippen molar-refractivity contribution in [3.63, 3.8) is 0 Å². The summed E-state index contributed by atoms with van der Waals surface area (Å²) in [6.07, 6.45) is 2.36. The summed E-state index contributed by atoms with van der Waals surface area (Å²) in [6.45, 7) is 2.50. The fourth-order valence-corrected chi connectivity index (χ4v) is 3.27. The SMILES string of the molecule is C.CCOC(=O)C(=O)N1CCC[C@H]1C(=O)OC.NN.NNC(=O)C(=O)N1CCC[C@H]1C(=O)NN. The molecule has 0 bridgehead atoms. The Morgan fingerprint density at radius 3 is 1.82 bits per heavy atom. The van der Waals surface area contributed by atoms with Crippen molar-refractivity contribution in [2.45, 2.75) is 52.1 Å². The second-order valence-electron chi connectivity index (χ2n) is 6.54. The highest BCUT2D eigenvalue weighted by Crippen LogP contribution is 2.19. The standard InChI is InChI=1S/C10H15NO5.C7H13N5O3.CH4.H4N2/c1-3-16-10(14)8(12)11-6-4-5-7(11)9(13)15-2;8-10-5(13)4-2-1-3-12(4)7(15)6(14)11-9;;1-2/h7H,3-6H2,1-2H3;4H,1-3,8-9H2,(H,10,13)(H,11,14);1H4;1-2H2/t7-;4-;;/m00../s1. The average molecular weight is 493 g/mol.